The van der Waals surface area contributed by atoms with Crippen molar-refractivity contribution in [3.05, 3.63) is 21.2 Å². The number of carbonyl (C=O) groups excluding carboxylic acids is 3. The molecular weight excluding hydrogens is 1330 g/mol. The SMILES string of the molecule is COCC1OC(OC2OCC3O[C@]4(OC3C2OC(=O)C(C)C)OC(C)[C@@](O)(C(C)=O)C2OCOC24)C(OC)C(O)C1OC1OC(C)C(OC)C(OC2OC(C)C3OC4(CC(O)C(OC5CC(O)C(OC(=O)c6c(C)c(Cl)c(O)c(Cl)c6OC)C(C)O5)C(C)O4)O[C@]3(C)C2O)C1O. The van der Waals surface area contributed by atoms with Crippen LogP contribution in [-0.2, 0) is 114 Å². The fourth-order valence-electron chi connectivity index (χ4n) is 14.5. The Morgan fingerprint density at radius 3 is 1.98 bits per heavy atom. The van der Waals surface area contributed by atoms with Crippen LogP contribution >= 0.6 is 23.2 Å². The van der Waals surface area contributed by atoms with Gasteiger partial charge in [-0.25, -0.2) is 4.79 Å². The number of fused-ring (bicyclic) bond motifs is 4. The minimum atomic E-state index is -2.14. The summed E-state index contributed by atoms with van der Waals surface area (Å²) in [5, 5.41) is 81.4. The quantitative estimate of drug-likeness (QED) is 0.0953. The van der Waals surface area contributed by atoms with Gasteiger partial charge in [0.2, 0.25) is 6.29 Å². The Balaban J connectivity index is 0.732. The van der Waals surface area contributed by atoms with Crippen molar-refractivity contribution in [2.24, 2.45) is 5.92 Å². The predicted molar refractivity (Wildman–Crippen MR) is 314 cm³/mol. The summed E-state index contributed by atoms with van der Waals surface area (Å²) < 4.78 is 141. The van der Waals surface area contributed by atoms with Crippen molar-refractivity contribution in [3.8, 4) is 11.5 Å². The van der Waals surface area contributed by atoms with Crippen LogP contribution in [0.5, 0.6) is 11.5 Å². The summed E-state index contributed by atoms with van der Waals surface area (Å²) in [6.45, 7) is 14.4. The second kappa shape index (κ2) is 28.7. The molecule has 544 valence electrons. The number of aromatic hydroxyl groups is 1. The zero-order chi connectivity index (χ0) is 69.7. The highest BCUT2D eigenvalue weighted by molar-refractivity contribution is 6.39. The topological polar surface area (TPSA) is 405 Å². The van der Waals surface area contributed by atoms with E-state index in [4.69, 9.17) is 132 Å². The van der Waals surface area contributed by atoms with Crippen LogP contribution in [0.1, 0.15) is 91.1 Å². The normalized spacial score (nSPS) is 47.7. The van der Waals surface area contributed by atoms with Gasteiger partial charge in [-0.3, -0.25) is 9.59 Å². The number of carbonyl (C=O) groups is 3. The van der Waals surface area contributed by atoms with Crippen molar-refractivity contribution < 1.29 is 159 Å². The molecule has 0 aromatic heterocycles. The van der Waals surface area contributed by atoms with E-state index < -0.39 is 224 Å². The summed E-state index contributed by atoms with van der Waals surface area (Å²) >= 11 is 12.5. The van der Waals surface area contributed by atoms with E-state index in [1.165, 1.54) is 49.2 Å². The van der Waals surface area contributed by atoms with Gasteiger partial charge >= 0.3 is 17.9 Å². The Kier molecular flexibility index (Phi) is 22.1. The smallest absolute Gasteiger partial charge is 0.342 e. The van der Waals surface area contributed by atoms with Crippen LogP contribution in [0.15, 0.2) is 0 Å². The lowest BCUT2D eigenvalue weighted by Gasteiger charge is -2.50. The lowest BCUT2D eigenvalue weighted by atomic mass is 9.81. The fraction of sp³-hybridized carbons (Fsp3) is 0.852. The lowest BCUT2D eigenvalue weighted by Crippen LogP contribution is -2.72. The largest absolute Gasteiger partial charge is 0.505 e. The third kappa shape index (κ3) is 13.1. The molecule has 10 heterocycles. The molecule has 0 bridgehead atoms. The molecule has 2 spiro atoms. The van der Waals surface area contributed by atoms with E-state index in [9.17, 15) is 50.1 Å². The first kappa shape index (κ1) is 74.2. The summed E-state index contributed by atoms with van der Waals surface area (Å²) in [7, 11) is 5.24. The molecule has 0 aliphatic carbocycles. The molecule has 0 radical (unpaired) electrons. The Morgan fingerprint density at radius 2 is 1.33 bits per heavy atom. The van der Waals surface area contributed by atoms with E-state index >= 15 is 0 Å². The Labute approximate surface area is 562 Å². The molecule has 10 aliphatic heterocycles. The number of rotatable bonds is 18. The maximum absolute atomic E-state index is 13.6. The van der Waals surface area contributed by atoms with E-state index in [0.29, 0.717) is 0 Å². The monoisotopic (exact) mass is 1420 g/mol. The molecule has 33 nitrogen and oxygen atoms in total. The molecule has 29 unspecified atom stereocenters. The van der Waals surface area contributed by atoms with E-state index in [2.05, 4.69) is 0 Å². The number of Topliss-reactive ketones (excluding diaryl/α,β-unsaturated/α-hetero) is 1. The summed E-state index contributed by atoms with van der Waals surface area (Å²) in [4.78, 5) is 39.8. The lowest BCUT2D eigenvalue weighted by molar-refractivity contribution is -0.428. The van der Waals surface area contributed by atoms with Crippen LogP contribution in [0.3, 0.4) is 0 Å². The second-order valence-electron chi connectivity index (χ2n) is 26.3. The summed E-state index contributed by atoms with van der Waals surface area (Å²) in [5.74, 6) is -7.69. The number of phenolic OH excluding ortho intramolecular Hbond substituents is 1. The molecule has 32 atom stereocenters. The first-order chi connectivity index (χ1) is 45.3. The average Bonchev–Trinajstić information content (AvgIpc) is 1.54. The van der Waals surface area contributed by atoms with Gasteiger partial charge in [0, 0.05) is 27.8 Å². The zero-order valence-electron chi connectivity index (χ0n) is 55.3. The Morgan fingerprint density at radius 1 is 0.656 bits per heavy atom. The molecule has 0 amide bonds. The molecule has 10 aliphatic rings. The molecular formula is C61H88Cl2O33. The number of hydrogen-bond donors (Lipinski definition) is 7. The van der Waals surface area contributed by atoms with Crippen LogP contribution in [0.25, 0.3) is 0 Å². The third-order valence-corrected chi connectivity index (χ3v) is 20.4. The van der Waals surface area contributed by atoms with E-state index in [0.717, 1.165) is 0 Å². The number of phenols is 1. The van der Waals surface area contributed by atoms with Gasteiger partial charge in [0.25, 0.3) is 5.97 Å². The molecule has 10 saturated heterocycles. The maximum Gasteiger partial charge on any atom is 0.342 e. The molecule has 11 rings (SSSR count). The van der Waals surface area contributed by atoms with Gasteiger partial charge in [0.15, 0.2) is 66.4 Å². The third-order valence-electron chi connectivity index (χ3n) is 19.6. The molecule has 35 heteroatoms. The Hall–Kier alpha value is -3.03. The van der Waals surface area contributed by atoms with E-state index in [1.54, 1.807) is 48.5 Å². The van der Waals surface area contributed by atoms with Crippen LogP contribution in [-0.4, -0.2) is 297 Å². The maximum atomic E-state index is 13.6. The highest BCUT2D eigenvalue weighted by Gasteiger charge is 2.73. The van der Waals surface area contributed by atoms with Gasteiger partial charge in [-0.05, 0) is 61.0 Å². The molecule has 10 fully saturated rings. The summed E-state index contributed by atoms with van der Waals surface area (Å²) in [5.41, 5.74) is -3.87. The highest BCUT2D eigenvalue weighted by Crippen LogP contribution is 2.53. The van der Waals surface area contributed by atoms with Gasteiger partial charge in [0.1, 0.15) is 102 Å². The highest BCUT2D eigenvalue weighted by atomic mass is 35.5. The van der Waals surface area contributed by atoms with Crippen molar-refractivity contribution in [2.75, 3.05) is 48.4 Å². The Bertz CT molecular complexity index is 2930. The predicted octanol–water partition coefficient (Wildman–Crippen LogP) is 0.0228. The van der Waals surface area contributed by atoms with Crippen molar-refractivity contribution in [1.29, 1.82) is 0 Å². The first-order valence-corrected chi connectivity index (χ1v) is 32.6. The number of hydrogen-bond acceptors (Lipinski definition) is 33. The van der Waals surface area contributed by atoms with Crippen LogP contribution < -0.4 is 4.74 Å². The fourth-order valence-corrected chi connectivity index (χ4v) is 15.0. The molecule has 96 heavy (non-hydrogen) atoms. The standard InChI is InChI=1S/C61H88Cl2O33/c1-20(2)52(71)87-47-43-31(93-61(94-43)51-50(79-19-80-51)60(73,26(8)64)27(9)92-61)18-78-55(47)90-56-46(77-14)37(68)42(30(84-56)17-74-11)88-54-38(69)45(41(75-12)23(5)82-54)89-57-48(70)58(10)49(25(7)83-57)95-59(96-58)16-29(66)40(24(6)91-59)85-32-15-28(65)39(22(4)81-32)86-53(72)33-21(3)34(62)36(67)35(63)44(33)76-13/h20,22-25,27-32,37-43,45-51,54-57,65-70,73H,15-19H2,1-14H3/t22?,23?,24?,25?,27?,28?,29?,30?,31?,32?,37?,38?,39?,40?,41?,42?,43?,45?,46?,47?,48?,49?,50?,51?,54?,55?,56?,57?,58-,59?,60+,61-/m1/s1. The van der Waals surface area contributed by atoms with Crippen molar-refractivity contribution >= 4 is 40.9 Å². The zero-order valence-corrected chi connectivity index (χ0v) is 56.8. The molecule has 0 saturated carbocycles. The minimum Gasteiger partial charge on any atom is -0.505 e. The van der Waals surface area contributed by atoms with Gasteiger partial charge in [-0.15, -0.1) is 0 Å². The van der Waals surface area contributed by atoms with E-state index in [1.807, 2.05) is 0 Å². The van der Waals surface area contributed by atoms with Gasteiger partial charge < -0.3 is 145 Å². The van der Waals surface area contributed by atoms with Crippen LogP contribution in [0, 0.1) is 12.8 Å². The minimum absolute atomic E-state index is 0.122. The van der Waals surface area contributed by atoms with Crippen LogP contribution in [0.4, 0.5) is 0 Å². The number of ether oxygens (including phenoxy) is 23. The number of benzene rings is 1. The van der Waals surface area contributed by atoms with E-state index in [-0.39, 0.29) is 59.8 Å². The van der Waals surface area contributed by atoms with Crippen molar-refractivity contribution in [3.63, 3.8) is 0 Å². The molecule has 1 aromatic carbocycles. The number of aliphatic hydroxyl groups is 6. The number of ketones is 1. The second-order valence-corrected chi connectivity index (χ2v) is 27.0. The summed E-state index contributed by atoms with van der Waals surface area (Å²) in [6.07, 6.45) is -36.9. The number of halogens is 2. The number of esters is 2. The summed E-state index contributed by atoms with van der Waals surface area (Å²) in [6, 6.07) is 0. The number of methoxy groups -OCH3 is 4. The first-order valence-electron chi connectivity index (χ1n) is 31.8. The average molecular weight is 1420 g/mol. The van der Waals surface area contributed by atoms with Crippen molar-refractivity contribution in [1.82, 2.24) is 0 Å². The van der Waals surface area contributed by atoms with Crippen LogP contribution in [0.2, 0.25) is 10.0 Å². The van der Waals surface area contributed by atoms with Gasteiger partial charge in [0.05, 0.1) is 80.4 Å². The number of aliphatic hydroxyl groups excluding tert-OH is 5. The van der Waals surface area contributed by atoms with Crippen molar-refractivity contribution in [2.45, 2.75) is 277 Å². The van der Waals surface area contributed by atoms with Gasteiger partial charge in [-0.1, -0.05) is 37.0 Å². The van der Waals surface area contributed by atoms with Gasteiger partial charge in [-0.2, -0.15) is 0 Å². The molecule has 1 aromatic rings. The molecule has 7 N–H and O–H groups in total.